The Balaban J connectivity index is 2.04. The molecule has 1 heterocycles. The van der Waals surface area contributed by atoms with Crippen LogP contribution in [0.2, 0.25) is 0 Å². The molecular weight excluding hydrogens is 236 g/mol. The summed E-state index contributed by atoms with van der Waals surface area (Å²) in [6.07, 6.45) is 2.21. The molecule has 1 aliphatic heterocycles. The molecule has 3 nitrogen and oxygen atoms in total. The smallest absolute Gasteiger partial charge is 0.251 e. The second kappa shape index (κ2) is 6.20. The molecule has 1 aliphatic rings. The van der Waals surface area contributed by atoms with Gasteiger partial charge in [-0.25, -0.2) is 0 Å². The summed E-state index contributed by atoms with van der Waals surface area (Å²) in [5.41, 5.74) is 3.34. The fourth-order valence-electron chi connectivity index (χ4n) is 2.84. The molecule has 0 saturated carbocycles. The minimum atomic E-state index is 0.0501. The average molecular weight is 260 g/mol. The molecule has 19 heavy (non-hydrogen) atoms. The summed E-state index contributed by atoms with van der Waals surface area (Å²) in [6.45, 7) is 8.25. The van der Waals surface area contributed by atoms with Gasteiger partial charge in [0.25, 0.3) is 5.91 Å². The molecule has 0 spiro atoms. The Morgan fingerprint density at radius 3 is 2.63 bits per heavy atom. The first-order valence-electron chi connectivity index (χ1n) is 7.29. The van der Waals surface area contributed by atoms with Gasteiger partial charge in [-0.2, -0.15) is 0 Å². The van der Waals surface area contributed by atoms with E-state index in [-0.39, 0.29) is 11.9 Å². The summed E-state index contributed by atoms with van der Waals surface area (Å²) in [6, 6.07) is 6.24. The lowest BCUT2D eigenvalue weighted by atomic mass is 9.95. The minimum Gasteiger partial charge on any atom is -0.349 e. The van der Waals surface area contributed by atoms with Gasteiger partial charge < -0.3 is 10.6 Å². The van der Waals surface area contributed by atoms with Crippen molar-refractivity contribution in [3.8, 4) is 0 Å². The maximum Gasteiger partial charge on any atom is 0.251 e. The van der Waals surface area contributed by atoms with Crippen LogP contribution in [0.1, 0.15) is 55.1 Å². The Morgan fingerprint density at radius 2 is 1.95 bits per heavy atom. The van der Waals surface area contributed by atoms with Crippen LogP contribution < -0.4 is 10.6 Å². The highest BCUT2D eigenvalue weighted by molar-refractivity contribution is 5.94. The highest BCUT2D eigenvalue weighted by Gasteiger charge is 2.18. The van der Waals surface area contributed by atoms with Crippen molar-refractivity contribution in [2.24, 2.45) is 5.92 Å². The van der Waals surface area contributed by atoms with E-state index >= 15 is 0 Å². The lowest BCUT2D eigenvalue weighted by molar-refractivity contribution is 0.0925. The molecular formula is C16H24N2O. The lowest BCUT2D eigenvalue weighted by Gasteiger charge is -2.22. The van der Waals surface area contributed by atoms with Crippen LogP contribution in [-0.2, 0) is 13.1 Å². The van der Waals surface area contributed by atoms with Crippen molar-refractivity contribution in [2.75, 3.05) is 0 Å². The minimum absolute atomic E-state index is 0.0501. The fourth-order valence-corrected chi connectivity index (χ4v) is 2.84. The maximum absolute atomic E-state index is 12.3. The van der Waals surface area contributed by atoms with Crippen molar-refractivity contribution in [1.82, 2.24) is 10.6 Å². The second-order valence-corrected chi connectivity index (χ2v) is 5.43. The second-order valence-electron chi connectivity index (χ2n) is 5.43. The van der Waals surface area contributed by atoms with Crippen molar-refractivity contribution in [1.29, 1.82) is 0 Å². The number of hydrogen-bond acceptors (Lipinski definition) is 2. The molecule has 1 aromatic rings. The molecule has 1 unspecified atom stereocenters. The zero-order valence-corrected chi connectivity index (χ0v) is 12.1. The number of rotatable bonds is 5. The fraction of sp³-hybridized carbons (Fsp3) is 0.562. The molecule has 1 atom stereocenters. The first-order chi connectivity index (χ1) is 9.15. The molecule has 0 fully saturated rings. The maximum atomic E-state index is 12.3. The Kier molecular flexibility index (Phi) is 4.59. The van der Waals surface area contributed by atoms with Gasteiger partial charge >= 0.3 is 0 Å². The van der Waals surface area contributed by atoms with Crippen molar-refractivity contribution >= 4 is 5.91 Å². The highest BCUT2D eigenvalue weighted by atomic mass is 16.1. The number of nitrogens with one attached hydrogen (secondary N) is 2. The van der Waals surface area contributed by atoms with Crippen LogP contribution in [0.5, 0.6) is 0 Å². The summed E-state index contributed by atoms with van der Waals surface area (Å²) >= 11 is 0. The number of fused-ring (bicyclic) bond motifs is 1. The van der Waals surface area contributed by atoms with Crippen molar-refractivity contribution in [3.63, 3.8) is 0 Å². The molecule has 0 aliphatic carbocycles. The monoisotopic (exact) mass is 260 g/mol. The van der Waals surface area contributed by atoms with Gasteiger partial charge in [0.1, 0.15) is 0 Å². The predicted molar refractivity (Wildman–Crippen MR) is 78.0 cm³/mol. The van der Waals surface area contributed by atoms with Gasteiger partial charge in [-0.05, 0) is 36.1 Å². The quantitative estimate of drug-likeness (QED) is 0.854. The predicted octanol–water partition coefficient (Wildman–Crippen LogP) is 2.84. The molecule has 2 rings (SSSR count). The van der Waals surface area contributed by atoms with Gasteiger partial charge in [0.2, 0.25) is 0 Å². The largest absolute Gasteiger partial charge is 0.349 e. The van der Waals surface area contributed by atoms with Crippen LogP contribution in [0.15, 0.2) is 18.2 Å². The highest BCUT2D eigenvalue weighted by Crippen LogP contribution is 2.18. The summed E-state index contributed by atoms with van der Waals surface area (Å²) in [5, 5.41) is 6.43. The van der Waals surface area contributed by atoms with Crippen LogP contribution in [0, 0.1) is 5.92 Å². The zero-order chi connectivity index (χ0) is 13.8. The zero-order valence-electron chi connectivity index (χ0n) is 12.1. The van der Waals surface area contributed by atoms with Gasteiger partial charge in [0, 0.05) is 24.7 Å². The standard InChI is InChI=1S/C16H24N2O/c1-4-12(5-2)11(3)18-16(19)13-6-7-14-9-17-10-15(14)8-13/h6-8,11-12,17H,4-5,9-10H2,1-3H3,(H,18,19). The Labute approximate surface area is 115 Å². The molecule has 1 amide bonds. The molecule has 104 valence electrons. The van der Waals surface area contributed by atoms with Crippen molar-refractivity contribution in [2.45, 2.75) is 52.7 Å². The Morgan fingerprint density at radius 1 is 1.26 bits per heavy atom. The first kappa shape index (κ1) is 14.1. The van der Waals surface area contributed by atoms with E-state index in [0.717, 1.165) is 31.5 Å². The van der Waals surface area contributed by atoms with Gasteiger partial charge in [-0.15, -0.1) is 0 Å². The molecule has 3 heteroatoms. The molecule has 0 saturated heterocycles. The third-order valence-electron chi connectivity index (χ3n) is 4.21. The number of carbonyl (C=O) groups excluding carboxylic acids is 1. The van der Waals surface area contributed by atoms with E-state index < -0.39 is 0 Å². The number of carbonyl (C=O) groups is 1. The van der Waals surface area contributed by atoms with Gasteiger partial charge in [0.05, 0.1) is 0 Å². The van der Waals surface area contributed by atoms with Crippen LogP contribution in [-0.4, -0.2) is 11.9 Å². The third-order valence-corrected chi connectivity index (χ3v) is 4.21. The number of benzene rings is 1. The van der Waals surface area contributed by atoms with E-state index in [1.165, 1.54) is 11.1 Å². The Hall–Kier alpha value is -1.35. The summed E-state index contributed by atoms with van der Waals surface area (Å²) in [7, 11) is 0. The van der Waals surface area contributed by atoms with Crippen LogP contribution in [0.3, 0.4) is 0 Å². The van der Waals surface area contributed by atoms with Gasteiger partial charge in [0.15, 0.2) is 0 Å². The average Bonchev–Trinajstić information content (AvgIpc) is 2.87. The first-order valence-corrected chi connectivity index (χ1v) is 7.29. The molecule has 0 aromatic heterocycles. The molecule has 2 N–H and O–H groups in total. The normalized spacial score (nSPS) is 15.4. The van der Waals surface area contributed by atoms with E-state index in [0.29, 0.717) is 5.92 Å². The Bertz CT molecular complexity index is 452. The lowest BCUT2D eigenvalue weighted by Crippen LogP contribution is -2.37. The summed E-state index contributed by atoms with van der Waals surface area (Å²) < 4.78 is 0. The van der Waals surface area contributed by atoms with Gasteiger partial charge in [-0.3, -0.25) is 4.79 Å². The van der Waals surface area contributed by atoms with E-state index in [1.807, 2.05) is 12.1 Å². The summed E-state index contributed by atoms with van der Waals surface area (Å²) in [5.74, 6) is 0.606. The number of hydrogen-bond donors (Lipinski definition) is 2. The number of amides is 1. The van der Waals surface area contributed by atoms with Crippen LogP contribution >= 0.6 is 0 Å². The molecule has 0 bridgehead atoms. The van der Waals surface area contributed by atoms with Crippen LogP contribution in [0.25, 0.3) is 0 Å². The molecule has 0 radical (unpaired) electrons. The van der Waals surface area contributed by atoms with Crippen molar-refractivity contribution in [3.05, 3.63) is 34.9 Å². The summed E-state index contributed by atoms with van der Waals surface area (Å²) in [4.78, 5) is 12.3. The van der Waals surface area contributed by atoms with E-state index in [4.69, 9.17) is 0 Å². The van der Waals surface area contributed by atoms with E-state index in [9.17, 15) is 4.79 Å². The van der Waals surface area contributed by atoms with Crippen molar-refractivity contribution < 1.29 is 4.79 Å². The van der Waals surface area contributed by atoms with E-state index in [2.05, 4.69) is 37.5 Å². The van der Waals surface area contributed by atoms with Gasteiger partial charge in [-0.1, -0.05) is 32.8 Å². The molecule has 1 aromatic carbocycles. The third kappa shape index (κ3) is 3.16. The topological polar surface area (TPSA) is 41.1 Å². The van der Waals surface area contributed by atoms with E-state index in [1.54, 1.807) is 0 Å². The SMILES string of the molecule is CCC(CC)C(C)NC(=O)c1ccc2c(c1)CNC2. The van der Waals surface area contributed by atoms with Crippen LogP contribution in [0.4, 0.5) is 0 Å².